The van der Waals surface area contributed by atoms with Gasteiger partial charge in [-0.2, -0.15) is 0 Å². The van der Waals surface area contributed by atoms with E-state index >= 15 is 0 Å². The molecule has 1 aliphatic heterocycles. The minimum atomic E-state index is -4.67. The molecule has 1 heterocycles. The number of hydrogen-bond donors (Lipinski definition) is 1. The standard InChI is InChI=1S/C14H18F3NO2/c1-13(2)7-6-12(19-13)9-18-10-4-3-5-11(8-10)20-14(15,16)17/h3-5,8,12,18H,6-7,9H2,1-2H3. The fraction of sp³-hybridized carbons (Fsp3) is 0.571. The molecule has 0 saturated carbocycles. The number of benzene rings is 1. The SMILES string of the molecule is CC1(C)CCC(CNc2cccc(OC(F)(F)F)c2)O1. The summed E-state index contributed by atoms with van der Waals surface area (Å²) >= 11 is 0. The predicted octanol–water partition coefficient (Wildman–Crippen LogP) is 3.95. The molecule has 1 aromatic carbocycles. The number of hydrogen-bond acceptors (Lipinski definition) is 3. The van der Waals surface area contributed by atoms with Gasteiger partial charge in [-0.05, 0) is 38.8 Å². The zero-order chi connectivity index (χ0) is 14.8. The third-order valence-corrected chi connectivity index (χ3v) is 3.16. The summed E-state index contributed by atoms with van der Waals surface area (Å²) in [4.78, 5) is 0. The molecule has 1 unspecified atom stereocenters. The summed E-state index contributed by atoms with van der Waals surface area (Å²) in [5, 5.41) is 3.08. The summed E-state index contributed by atoms with van der Waals surface area (Å²) in [6, 6.07) is 5.81. The molecule has 0 bridgehead atoms. The van der Waals surface area contributed by atoms with Gasteiger partial charge in [-0.3, -0.25) is 0 Å². The van der Waals surface area contributed by atoms with Gasteiger partial charge in [0.25, 0.3) is 0 Å². The van der Waals surface area contributed by atoms with Gasteiger partial charge in [-0.1, -0.05) is 6.07 Å². The molecule has 20 heavy (non-hydrogen) atoms. The van der Waals surface area contributed by atoms with Crippen LogP contribution in [0.5, 0.6) is 5.75 Å². The molecular weight excluding hydrogens is 271 g/mol. The third kappa shape index (κ3) is 4.59. The molecular formula is C14H18F3NO2. The van der Waals surface area contributed by atoms with Gasteiger partial charge in [0.05, 0.1) is 11.7 Å². The van der Waals surface area contributed by atoms with E-state index in [0.717, 1.165) is 12.8 Å². The van der Waals surface area contributed by atoms with Crippen LogP contribution in [0.4, 0.5) is 18.9 Å². The topological polar surface area (TPSA) is 30.5 Å². The first kappa shape index (κ1) is 15.0. The largest absolute Gasteiger partial charge is 0.573 e. The van der Waals surface area contributed by atoms with E-state index in [2.05, 4.69) is 10.1 Å². The Morgan fingerprint density at radius 1 is 1.40 bits per heavy atom. The number of alkyl halides is 3. The molecule has 1 saturated heterocycles. The van der Waals surface area contributed by atoms with E-state index in [4.69, 9.17) is 4.74 Å². The van der Waals surface area contributed by atoms with Crippen LogP contribution in [0.2, 0.25) is 0 Å². The van der Waals surface area contributed by atoms with Crippen LogP contribution in [0.25, 0.3) is 0 Å². The molecule has 3 nitrogen and oxygen atoms in total. The van der Waals surface area contributed by atoms with E-state index in [1.54, 1.807) is 6.07 Å². The molecule has 1 N–H and O–H groups in total. The van der Waals surface area contributed by atoms with Crippen LogP contribution in [0.15, 0.2) is 24.3 Å². The van der Waals surface area contributed by atoms with E-state index in [1.165, 1.54) is 18.2 Å². The van der Waals surface area contributed by atoms with E-state index in [0.29, 0.717) is 12.2 Å². The Hall–Kier alpha value is -1.43. The maximum absolute atomic E-state index is 12.1. The monoisotopic (exact) mass is 289 g/mol. The Kier molecular flexibility index (Phi) is 4.13. The lowest BCUT2D eigenvalue weighted by atomic mass is 10.1. The van der Waals surface area contributed by atoms with Crippen molar-refractivity contribution >= 4 is 5.69 Å². The highest BCUT2D eigenvalue weighted by Gasteiger charge is 2.32. The van der Waals surface area contributed by atoms with Crippen molar-refractivity contribution in [3.05, 3.63) is 24.3 Å². The number of nitrogens with one attached hydrogen (secondary N) is 1. The van der Waals surface area contributed by atoms with E-state index < -0.39 is 6.36 Å². The van der Waals surface area contributed by atoms with Crippen molar-refractivity contribution in [3.63, 3.8) is 0 Å². The number of anilines is 1. The summed E-state index contributed by atoms with van der Waals surface area (Å²) in [7, 11) is 0. The summed E-state index contributed by atoms with van der Waals surface area (Å²) in [6.45, 7) is 4.63. The van der Waals surface area contributed by atoms with Crippen molar-refractivity contribution in [2.75, 3.05) is 11.9 Å². The maximum Gasteiger partial charge on any atom is 0.573 e. The summed E-state index contributed by atoms with van der Waals surface area (Å²) in [5.74, 6) is -0.227. The van der Waals surface area contributed by atoms with Crippen molar-refractivity contribution < 1.29 is 22.6 Å². The first-order chi connectivity index (χ1) is 9.23. The first-order valence-electron chi connectivity index (χ1n) is 6.51. The molecule has 0 radical (unpaired) electrons. The van der Waals surface area contributed by atoms with Gasteiger partial charge in [0.15, 0.2) is 0 Å². The Labute approximate surface area is 116 Å². The minimum absolute atomic E-state index is 0.0807. The van der Waals surface area contributed by atoms with Gasteiger partial charge in [0, 0.05) is 18.3 Å². The van der Waals surface area contributed by atoms with Crippen LogP contribution in [0.3, 0.4) is 0 Å². The number of halogens is 3. The zero-order valence-electron chi connectivity index (χ0n) is 11.5. The highest BCUT2D eigenvalue weighted by atomic mass is 19.4. The lowest BCUT2D eigenvalue weighted by molar-refractivity contribution is -0.274. The number of rotatable bonds is 4. The minimum Gasteiger partial charge on any atom is -0.406 e. The quantitative estimate of drug-likeness (QED) is 0.910. The fourth-order valence-electron chi connectivity index (χ4n) is 2.26. The molecule has 0 aliphatic carbocycles. The lowest BCUT2D eigenvalue weighted by Crippen LogP contribution is -2.24. The molecule has 0 aromatic heterocycles. The van der Waals surface area contributed by atoms with E-state index in [1.807, 2.05) is 13.8 Å². The van der Waals surface area contributed by atoms with Crippen molar-refractivity contribution in [1.29, 1.82) is 0 Å². The Morgan fingerprint density at radius 2 is 2.15 bits per heavy atom. The first-order valence-corrected chi connectivity index (χ1v) is 6.51. The van der Waals surface area contributed by atoms with Gasteiger partial charge in [-0.25, -0.2) is 0 Å². The predicted molar refractivity (Wildman–Crippen MR) is 69.8 cm³/mol. The van der Waals surface area contributed by atoms with Crippen molar-refractivity contribution in [2.45, 2.75) is 44.8 Å². The molecule has 1 aromatic rings. The van der Waals surface area contributed by atoms with Gasteiger partial charge in [-0.15, -0.1) is 13.2 Å². The molecule has 6 heteroatoms. The smallest absolute Gasteiger partial charge is 0.406 e. The molecule has 1 aliphatic rings. The van der Waals surface area contributed by atoms with Crippen LogP contribution in [-0.4, -0.2) is 24.6 Å². The molecule has 112 valence electrons. The van der Waals surface area contributed by atoms with E-state index in [9.17, 15) is 13.2 Å². The van der Waals surface area contributed by atoms with Crippen LogP contribution in [-0.2, 0) is 4.74 Å². The Balaban J connectivity index is 1.89. The molecule has 2 rings (SSSR count). The highest BCUT2D eigenvalue weighted by molar-refractivity contribution is 5.48. The van der Waals surface area contributed by atoms with Crippen LogP contribution in [0.1, 0.15) is 26.7 Å². The second-order valence-corrected chi connectivity index (χ2v) is 5.49. The van der Waals surface area contributed by atoms with Crippen molar-refractivity contribution in [1.82, 2.24) is 0 Å². The van der Waals surface area contributed by atoms with Crippen LogP contribution in [0, 0.1) is 0 Å². The average Bonchev–Trinajstić information content (AvgIpc) is 2.65. The summed E-state index contributed by atoms with van der Waals surface area (Å²) in [5.41, 5.74) is 0.466. The third-order valence-electron chi connectivity index (χ3n) is 3.16. The van der Waals surface area contributed by atoms with Crippen molar-refractivity contribution in [3.8, 4) is 5.75 Å². The second-order valence-electron chi connectivity index (χ2n) is 5.49. The normalized spacial score (nSPS) is 21.8. The maximum atomic E-state index is 12.1. The average molecular weight is 289 g/mol. The van der Waals surface area contributed by atoms with Crippen LogP contribution < -0.4 is 10.1 Å². The number of ether oxygens (including phenoxy) is 2. The summed E-state index contributed by atoms with van der Waals surface area (Å²) in [6.07, 6.45) is -2.66. The van der Waals surface area contributed by atoms with Crippen molar-refractivity contribution in [2.24, 2.45) is 0 Å². The van der Waals surface area contributed by atoms with Crippen LogP contribution >= 0.6 is 0 Å². The fourth-order valence-corrected chi connectivity index (χ4v) is 2.26. The van der Waals surface area contributed by atoms with E-state index in [-0.39, 0.29) is 17.5 Å². The Morgan fingerprint density at radius 3 is 2.75 bits per heavy atom. The lowest BCUT2D eigenvalue weighted by Gasteiger charge is -2.20. The van der Waals surface area contributed by atoms with Gasteiger partial charge >= 0.3 is 6.36 Å². The molecule has 1 atom stereocenters. The molecule has 0 amide bonds. The Bertz CT molecular complexity index is 460. The zero-order valence-corrected chi connectivity index (χ0v) is 11.5. The van der Waals surface area contributed by atoms with Gasteiger partial charge in [0.1, 0.15) is 5.75 Å². The molecule has 0 spiro atoms. The molecule has 1 fully saturated rings. The second kappa shape index (κ2) is 5.52. The van der Waals surface area contributed by atoms with Gasteiger partial charge < -0.3 is 14.8 Å². The summed E-state index contributed by atoms with van der Waals surface area (Å²) < 4.78 is 46.1. The van der Waals surface area contributed by atoms with Gasteiger partial charge in [0.2, 0.25) is 0 Å². The highest BCUT2D eigenvalue weighted by Crippen LogP contribution is 2.30.